The number of methoxy groups -OCH3 is 1. The number of carbonyl (C=O) groups excluding carboxylic acids is 1. The van der Waals surface area contributed by atoms with E-state index < -0.39 is 18.7 Å². The number of hydrogen-bond donors (Lipinski definition) is 2. The lowest BCUT2D eigenvalue weighted by Gasteiger charge is -2.22. The topological polar surface area (TPSA) is 90.3 Å². The lowest BCUT2D eigenvalue weighted by Crippen LogP contribution is -2.29. The predicted molar refractivity (Wildman–Crippen MR) is 101 cm³/mol. The summed E-state index contributed by atoms with van der Waals surface area (Å²) in [7, 11) is 1.31. The molecule has 2 heterocycles. The van der Waals surface area contributed by atoms with E-state index in [9.17, 15) is 18.0 Å². The number of halogens is 4. The summed E-state index contributed by atoms with van der Waals surface area (Å²) in [5, 5.41) is 13.7. The molecule has 29 heavy (non-hydrogen) atoms. The van der Waals surface area contributed by atoms with Crippen LogP contribution < -0.4 is 20.1 Å². The summed E-state index contributed by atoms with van der Waals surface area (Å²) in [6, 6.07) is 4.35. The van der Waals surface area contributed by atoms with E-state index in [-0.39, 0.29) is 41.3 Å². The van der Waals surface area contributed by atoms with Crippen LogP contribution in [0.4, 0.5) is 18.9 Å². The third-order valence-corrected chi connectivity index (χ3v) is 4.24. The molecular formula is C17H21ClF3N5O3. The Morgan fingerprint density at radius 2 is 2.03 bits per heavy atom. The highest BCUT2D eigenvalue weighted by atomic mass is 35.5. The van der Waals surface area contributed by atoms with Gasteiger partial charge in [0, 0.05) is 11.8 Å². The average Bonchev–Trinajstić information content (AvgIpc) is 3.17. The van der Waals surface area contributed by atoms with Crippen molar-refractivity contribution >= 4 is 24.0 Å². The minimum absolute atomic E-state index is 0. The van der Waals surface area contributed by atoms with Gasteiger partial charge in [0.1, 0.15) is 0 Å². The maximum absolute atomic E-state index is 12.4. The first-order valence-corrected chi connectivity index (χ1v) is 8.67. The fourth-order valence-electron chi connectivity index (χ4n) is 2.85. The second kappa shape index (κ2) is 9.79. The molecule has 0 aliphatic carbocycles. The fraction of sp³-hybridized carbons (Fsp3) is 0.471. The number of anilines is 1. The van der Waals surface area contributed by atoms with E-state index in [1.165, 1.54) is 25.3 Å². The molecule has 8 nitrogen and oxygen atoms in total. The van der Waals surface area contributed by atoms with Crippen molar-refractivity contribution in [2.45, 2.75) is 25.1 Å². The lowest BCUT2D eigenvalue weighted by molar-refractivity contribution is -0.153. The van der Waals surface area contributed by atoms with Gasteiger partial charge in [-0.3, -0.25) is 4.79 Å². The minimum Gasteiger partial charge on any atom is -0.493 e. The van der Waals surface area contributed by atoms with Crippen molar-refractivity contribution in [3.63, 3.8) is 0 Å². The van der Waals surface area contributed by atoms with Gasteiger partial charge in [-0.15, -0.1) is 17.5 Å². The number of amides is 1. The van der Waals surface area contributed by atoms with Gasteiger partial charge in [0.15, 0.2) is 23.8 Å². The zero-order valence-electron chi connectivity index (χ0n) is 15.5. The number of benzene rings is 1. The summed E-state index contributed by atoms with van der Waals surface area (Å²) >= 11 is 0. The Bertz CT molecular complexity index is 825. The molecule has 0 unspecified atom stereocenters. The van der Waals surface area contributed by atoms with Crippen LogP contribution in [0.15, 0.2) is 24.4 Å². The van der Waals surface area contributed by atoms with E-state index in [0.29, 0.717) is 0 Å². The zero-order valence-corrected chi connectivity index (χ0v) is 16.3. The fourth-order valence-corrected chi connectivity index (χ4v) is 2.85. The van der Waals surface area contributed by atoms with E-state index in [4.69, 9.17) is 9.47 Å². The first-order valence-electron chi connectivity index (χ1n) is 8.67. The molecule has 0 radical (unpaired) electrons. The van der Waals surface area contributed by atoms with E-state index in [1.54, 1.807) is 10.9 Å². The highest BCUT2D eigenvalue weighted by Crippen LogP contribution is 2.31. The van der Waals surface area contributed by atoms with Gasteiger partial charge < -0.3 is 20.1 Å². The number of piperidine rings is 1. The second-order valence-corrected chi connectivity index (χ2v) is 6.29. The summed E-state index contributed by atoms with van der Waals surface area (Å²) in [6.07, 6.45) is -1.14. The third kappa shape index (κ3) is 6.23. The number of ether oxygens (including phenoxy) is 2. The molecule has 1 aromatic heterocycles. The quantitative estimate of drug-likeness (QED) is 0.725. The Labute approximate surface area is 171 Å². The van der Waals surface area contributed by atoms with Crippen LogP contribution in [0, 0.1) is 0 Å². The molecule has 1 aromatic carbocycles. The molecule has 0 atom stereocenters. The van der Waals surface area contributed by atoms with E-state index in [1.807, 2.05) is 0 Å². The molecule has 0 bridgehead atoms. The average molecular weight is 436 g/mol. The lowest BCUT2D eigenvalue weighted by atomic mass is 10.1. The molecule has 1 fully saturated rings. The molecule has 160 valence electrons. The Morgan fingerprint density at radius 3 is 2.69 bits per heavy atom. The summed E-state index contributed by atoms with van der Waals surface area (Å²) in [4.78, 5) is 12.4. The summed E-state index contributed by atoms with van der Waals surface area (Å²) < 4.78 is 48.6. The summed E-state index contributed by atoms with van der Waals surface area (Å²) in [6.45, 7) is 0.280. The number of aromatic nitrogens is 3. The first-order chi connectivity index (χ1) is 13.4. The molecule has 0 saturated carbocycles. The van der Waals surface area contributed by atoms with Crippen LogP contribution >= 0.6 is 12.4 Å². The highest BCUT2D eigenvalue weighted by Gasteiger charge is 2.29. The Balaban J connectivity index is 0.00000300. The Morgan fingerprint density at radius 1 is 1.31 bits per heavy atom. The van der Waals surface area contributed by atoms with Crippen LogP contribution in [0.5, 0.6) is 11.5 Å². The maximum atomic E-state index is 12.4. The molecule has 1 saturated heterocycles. The van der Waals surface area contributed by atoms with Gasteiger partial charge in [-0.25, -0.2) is 4.68 Å². The van der Waals surface area contributed by atoms with Crippen molar-refractivity contribution in [2.75, 3.05) is 32.1 Å². The van der Waals surface area contributed by atoms with Crippen molar-refractivity contribution in [3.05, 3.63) is 30.1 Å². The Kier molecular flexibility index (Phi) is 7.68. The molecular weight excluding hydrogens is 415 g/mol. The van der Waals surface area contributed by atoms with Crippen LogP contribution in [-0.2, 0) is 0 Å². The largest absolute Gasteiger partial charge is 0.493 e. The van der Waals surface area contributed by atoms with E-state index in [2.05, 4.69) is 20.9 Å². The molecule has 0 spiro atoms. The Hall–Kier alpha value is -2.53. The van der Waals surface area contributed by atoms with Gasteiger partial charge in [0.2, 0.25) is 0 Å². The first kappa shape index (κ1) is 22.8. The number of nitrogens with zero attached hydrogens (tertiary/aromatic N) is 3. The summed E-state index contributed by atoms with van der Waals surface area (Å²) in [5.74, 6) is -0.526. The standard InChI is InChI=1S/C17H20F3N5O3.ClH/c1-27-14-3-2-11(8-15(14)28-10-17(18,19)20)22-16(26)13-9-25(24-23-13)12-4-6-21-7-5-12;/h2-3,8-9,12,21H,4-7,10H2,1H3,(H,22,26);1H. The second-order valence-electron chi connectivity index (χ2n) is 6.29. The van der Waals surface area contributed by atoms with E-state index in [0.717, 1.165) is 25.9 Å². The van der Waals surface area contributed by atoms with Gasteiger partial charge in [-0.2, -0.15) is 13.2 Å². The zero-order chi connectivity index (χ0) is 20.1. The number of carbonyl (C=O) groups is 1. The number of alkyl halides is 3. The van der Waals surface area contributed by atoms with Crippen molar-refractivity contribution in [1.82, 2.24) is 20.3 Å². The monoisotopic (exact) mass is 435 g/mol. The molecule has 2 N–H and O–H groups in total. The number of rotatable bonds is 6. The molecule has 1 aliphatic heterocycles. The van der Waals surface area contributed by atoms with Crippen LogP contribution in [0.25, 0.3) is 0 Å². The number of hydrogen-bond acceptors (Lipinski definition) is 6. The van der Waals surface area contributed by atoms with Gasteiger partial charge in [-0.1, -0.05) is 5.21 Å². The smallest absolute Gasteiger partial charge is 0.422 e. The van der Waals surface area contributed by atoms with Gasteiger partial charge in [0.25, 0.3) is 5.91 Å². The maximum Gasteiger partial charge on any atom is 0.422 e. The SMILES string of the molecule is COc1ccc(NC(=O)c2cn(C3CCNCC3)nn2)cc1OCC(F)(F)F.Cl. The highest BCUT2D eigenvalue weighted by molar-refractivity contribution is 6.02. The molecule has 1 amide bonds. The van der Waals surface area contributed by atoms with Crippen LogP contribution in [0.3, 0.4) is 0 Å². The predicted octanol–water partition coefficient (Wildman–Crippen LogP) is 2.83. The molecule has 2 aromatic rings. The molecule has 12 heteroatoms. The molecule has 3 rings (SSSR count). The van der Waals surface area contributed by atoms with Crippen molar-refractivity contribution < 1.29 is 27.4 Å². The summed E-state index contributed by atoms with van der Waals surface area (Å²) in [5.41, 5.74) is 0.367. The van der Waals surface area contributed by atoms with E-state index >= 15 is 0 Å². The normalized spacial score (nSPS) is 14.8. The third-order valence-electron chi connectivity index (χ3n) is 4.24. The van der Waals surface area contributed by atoms with Crippen LogP contribution in [0.1, 0.15) is 29.4 Å². The van der Waals surface area contributed by atoms with Crippen molar-refractivity contribution in [2.24, 2.45) is 0 Å². The van der Waals surface area contributed by atoms with Gasteiger partial charge in [0.05, 0.1) is 19.3 Å². The van der Waals surface area contributed by atoms with Crippen molar-refractivity contribution in [1.29, 1.82) is 0 Å². The number of nitrogens with one attached hydrogen (secondary N) is 2. The minimum atomic E-state index is -4.49. The van der Waals surface area contributed by atoms with Crippen LogP contribution in [0.2, 0.25) is 0 Å². The molecule has 1 aliphatic rings. The van der Waals surface area contributed by atoms with Crippen molar-refractivity contribution in [3.8, 4) is 11.5 Å². The van der Waals surface area contributed by atoms with Crippen LogP contribution in [-0.4, -0.2) is 53.9 Å². The van der Waals surface area contributed by atoms with Gasteiger partial charge in [-0.05, 0) is 38.1 Å². The van der Waals surface area contributed by atoms with Gasteiger partial charge >= 0.3 is 6.18 Å².